The molecule has 1 saturated carbocycles. The molecule has 3 nitrogen and oxygen atoms in total. The summed E-state index contributed by atoms with van der Waals surface area (Å²) in [4.78, 5) is 2.66. The Morgan fingerprint density at radius 1 is 1.24 bits per heavy atom. The van der Waals surface area contributed by atoms with Gasteiger partial charge in [0.2, 0.25) is 0 Å². The Kier molecular flexibility index (Phi) is 4.41. The second-order valence-electron chi connectivity index (χ2n) is 7.90. The van der Waals surface area contributed by atoms with E-state index in [4.69, 9.17) is 4.42 Å². The lowest BCUT2D eigenvalue weighted by molar-refractivity contribution is 0.165. The molecular weight excluding hydrogens is 260 g/mol. The third-order valence-corrected chi connectivity index (χ3v) is 5.01. The molecule has 1 aliphatic carbocycles. The molecule has 2 heterocycles. The van der Waals surface area contributed by atoms with E-state index >= 15 is 0 Å². The fraction of sp³-hybridized carbons (Fsp3) is 0.778. The number of fused-ring (bicyclic) bond motifs is 1. The summed E-state index contributed by atoms with van der Waals surface area (Å²) >= 11 is 0. The van der Waals surface area contributed by atoms with Crippen LogP contribution in [0.3, 0.4) is 0 Å². The maximum Gasteiger partial charge on any atom is 0.118 e. The first kappa shape index (κ1) is 15.1. The van der Waals surface area contributed by atoms with Crippen LogP contribution in [0.25, 0.3) is 0 Å². The van der Waals surface area contributed by atoms with Gasteiger partial charge in [-0.05, 0) is 58.6 Å². The molecule has 118 valence electrons. The molecule has 21 heavy (non-hydrogen) atoms. The Bertz CT molecular complexity index is 460. The maximum absolute atomic E-state index is 5.79. The summed E-state index contributed by atoms with van der Waals surface area (Å²) in [5.41, 5.74) is 1.42. The summed E-state index contributed by atoms with van der Waals surface area (Å²) in [6.07, 6.45) is 9.01. The van der Waals surface area contributed by atoms with Crippen molar-refractivity contribution in [2.75, 3.05) is 6.54 Å². The summed E-state index contributed by atoms with van der Waals surface area (Å²) in [5, 5.41) is 3.52. The second-order valence-corrected chi connectivity index (χ2v) is 7.90. The lowest BCUT2D eigenvalue weighted by Crippen LogP contribution is -2.35. The highest BCUT2D eigenvalue weighted by Crippen LogP contribution is 2.36. The average Bonchev–Trinajstić information content (AvgIpc) is 3.04. The predicted molar refractivity (Wildman–Crippen MR) is 86.1 cm³/mol. The van der Waals surface area contributed by atoms with Crippen LogP contribution in [-0.2, 0) is 13.1 Å². The maximum atomic E-state index is 5.79. The molecule has 1 aromatic rings. The van der Waals surface area contributed by atoms with E-state index < -0.39 is 0 Å². The molecular formula is C18H30N2O. The quantitative estimate of drug-likeness (QED) is 0.910. The van der Waals surface area contributed by atoms with Crippen LogP contribution < -0.4 is 5.32 Å². The summed E-state index contributed by atoms with van der Waals surface area (Å²) in [5.74, 6) is 2.09. The van der Waals surface area contributed by atoms with Crippen LogP contribution >= 0.6 is 0 Å². The normalized spacial score (nSPS) is 27.0. The van der Waals surface area contributed by atoms with Gasteiger partial charge in [0.15, 0.2) is 0 Å². The van der Waals surface area contributed by atoms with Crippen LogP contribution in [-0.4, -0.2) is 23.0 Å². The minimum absolute atomic E-state index is 0.154. The average molecular weight is 290 g/mol. The van der Waals surface area contributed by atoms with Gasteiger partial charge in [0.05, 0.1) is 12.8 Å². The largest absolute Gasteiger partial charge is 0.468 e. The molecule has 1 aliphatic heterocycles. The summed E-state index contributed by atoms with van der Waals surface area (Å²) in [6.45, 7) is 9.73. The van der Waals surface area contributed by atoms with E-state index in [9.17, 15) is 0 Å². The first-order valence-electron chi connectivity index (χ1n) is 8.57. The van der Waals surface area contributed by atoms with Crippen LogP contribution in [0.15, 0.2) is 16.7 Å². The van der Waals surface area contributed by atoms with E-state index in [1.807, 2.05) is 6.26 Å². The van der Waals surface area contributed by atoms with Crippen molar-refractivity contribution in [1.82, 2.24) is 10.2 Å². The Morgan fingerprint density at radius 2 is 2.05 bits per heavy atom. The van der Waals surface area contributed by atoms with Crippen LogP contribution in [0.4, 0.5) is 0 Å². The zero-order valence-corrected chi connectivity index (χ0v) is 13.8. The Balaban J connectivity index is 1.55. The van der Waals surface area contributed by atoms with Gasteiger partial charge >= 0.3 is 0 Å². The van der Waals surface area contributed by atoms with Gasteiger partial charge in [0.25, 0.3) is 0 Å². The minimum Gasteiger partial charge on any atom is -0.468 e. The molecule has 3 heteroatoms. The van der Waals surface area contributed by atoms with E-state index in [0.717, 1.165) is 30.8 Å². The van der Waals surface area contributed by atoms with Crippen molar-refractivity contribution in [3.63, 3.8) is 0 Å². The van der Waals surface area contributed by atoms with Crippen molar-refractivity contribution in [1.29, 1.82) is 0 Å². The van der Waals surface area contributed by atoms with Crippen molar-refractivity contribution < 1.29 is 4.42 Å². The molecule has 0 bridgehead atoms. The lowest BCUT2D eigenvalue weighted by Gasteiger charge is -2.31. The summed E-state index contributed by atoms with van der Waals surface area (Å²) in [6, 6.07) is 3.05. The Labute approximate surface area is 129 Å². The van der Waals surface area contributed by atoms with Crippen molar-refractivity contribution in [3.05, 3.63) is 23.7 Å². The fourth-order valence-corrected chi connectivity index (χ4v) is 3.87. The number of likely N-dealkylation sites (tertiary alicyclic amines) is 1. The molecule has 0 aromatic carbocycles. The van der Waals surface area contributed by atoms with Crippen molar-refractivity contribution in [3.8, 4) is 0 Å². The zero-order valence-electron chi connectivity index (χ0n) is 13.8. The van der Waals surface area contributed by atoms with Crippen molar-refractivity contribution >= 4 is 0 Å². The molecule has 1 saturated heterocycles. The second kappa shape index (κ2) is 6.13. The summed E-state index contributed by atoms with van der Waals surface area (Å²) < 4.78 is 5.79. The first-order chi connectivity index (χ1) is 10.0. The highest BCUT2D eigenvalue weighted by Gasteiger charge is 2.35. The molecule has 3 rings (SSSR count). The number of furan rings is 1. The molecule has 2 unspecified atom stereocenters. The highest BCUT2D eigenvalue weighted by atomic mass is 16.3. The van der Waals surface area contributed by atoms with E-state index in [1.165, 1.54) is 44.2 Å². The molecule has 1 N–H and O–H groups in total. The van der Waals surface area contributed by atoms with Crippen LogP contribution in [0.2, 0.25) is 0 Å². The topological polar surface area (TPSA) is 28.4 Å². The van der Waals surface area contributed by atoms with E-state index in [1.54, 1.807) is 0 Å². The van der Waals surface area contributed by atoms with E-state index in [2.05, 4.69) is 37.1 Å². The van der Waals surface area contributed by atoms with Gasteiger partial charge in [-0.1, -0.05) is 12.8 Å². The molecule has 2 atom stereocenters. The van der Waals surface area contributed by atoms with E-state index in [0.29, 0.717) is 0 Å². The number of hydrogen-bond donors (Lipinski definition) is 1. The third-order valence-electron chi connectivity index (χ3n) is 5.01. The SMILES string of the molecule is CC(C)(C)NCc1coc(CN2CCC3CCCCC32)c1. The molecule has 0 radical (unpaired) electrons. The van der Waals surface area contributed by atoms with Gasteiger partial charge in [-0.25, -0.2) is 0 Å². The van der Waals surface area contributed by atoms with E-state index in [-0.39, 0.29) is 5.54 Å². The van der Waals surface area contributed by atoms with Crippen molar-refractivity contribution in [2.24, 2.45) is 5.92 Å². The number of nitrogens with zero attached hydrogens (tertiary/aromatic N) is 1. The predicted octanol–water partition coefficient (Wildman–Crippen LogP) is 3.93. The Hall–Kier alpha value is -0.800. The monoisotopic (exact) mass is 290 g/mol. The van der Waals surface area contributed by atoms with Gasteiger partial charge < -0.3 is 9.73 Å². The number of nitrogens with one attached hydrogen (secondary N) is 1. The first-order valence-corrected chi connectivity index (χ1v) is 8.57. The van der Waals surface area contributed by atoms with Gasteiger partial charge in [-0.2, -0.15) is 0 Å². The van der Waals surface area contributed by atoms with Crippen LogP contribution in [0.5, 0.6) is 0 Å². The smallest absolute Gasteiger partial charge is 0.118 e. The van der Waals surface area contributed by atoms with Gasteiger partial charge in [0, 0.05) is 23.7 Å². The zero-order chi connectivity index (χ0) is 14.9. The highest BCUT2D eigenvalue weighted by molar-refractivity contribution is 5.13. The Morgan fingerprint density at radius 3 is 2.86 bits per heavy atom. The van der Waals surface area contributed by atoms with Gasteiger partial charge in [-0.3, -0.25) is 4.90 Å². The molecule has 1 aromatic heterocycles. The van der Waals surface area contributed by atoms with Gasteiger partial charge in [-0.15, -0.1) is 0 Å². The molecule has 0 spiro atoms. The van der Waals surface area contributed by atoms with Crippen LogP contribution in [0.1, 0.15) is 64.2 Å². The summed E-state index contributed by atoms with van der Waals surface area (Å²) in [7, 11) is 0. The van der Waals surface area contributed by atoms with Crippen LogP contribution in [0, 0.1) is 5.92 Å². The molecule has 2 fully saturated rings. The minimum atomic E-state index is 0.154. The molecule has 0 amide bonds. The lowest BCUT2D eigenvalue weighted by atomic mass is 9.85. The fourth-order valence-electron chi connectivity index (χ4n) is 3.87. The van der Waals surface area contributed by atoms with Gasteiger partial charge in [0.1, 0.15) is 5.76 Å². The number of hydrogen-bond acceptors (Lipinski definition) is 3. The third kappa shape index (κ3) is 3.89. The standard InChI is InChI=1S/C18H30N2O/c1-18(2,3)19-11-14-10-16(21-13-14)12-20-9-8-15-6-4-5-7-17(15)20/h10,13,15,17,19H,4-9,11-12H2,1-3H3. The van der Waals surface area contributed by atoms with Crippen molar-refractivity contribution in [2.45, 2.75) is 77.5 Å². The molecule has 2 aliphatic rings. The number of rotatable bonds is 4.